The Labute approximate surface area is 144 Å². The SMILES string of the molecule is CCSc1nc2ccccc2c(=O)n1-c1cc(OC)ccc1OC. The van der Waals surface area contributed by atoms with Gasteiger partial charge in [0, 0.05) is 6.07 Å². The van der Waals surface area contributed by atoms with Crippen molar-refractivity contribution in [2.45, 2.75) is 12.1 Å². The molecule has 0 aliphatic carbocycles. The Hall–Kier alpha value is -2.47. The minimum absolute atomic E-state index is 0.122. The van der Waals surface area contributed by atoms with E-state index >= 15 is 0 Å². The predicted octanol–water partition coefficient (Wildman–Crippen LogP) is 3.51. The maximum absolute atomic E-state index is 13.1. The lowest BCUT2D eigenvalue weighted by Crippen LogP contribution is -2.22. The van der Waals surface area contributed by atoms with Gasteiger partial charge in [0.2, 0.25) is 0 Å². The summed E-state index contributed by atoms with van der Waals surface area (Å²) in [7, 11) is 3.17. The molecular formula is C18H18N2O3S. The van der Waals surface area contributed by atoms with E-state index in [-0.39, 0.29) is 5.56 Å². The van der Waals surface area contributed by atoms with Crippen LogP contribution in [0.3, 0.4) is 0 Å². The van der Waals surface area contributed by atoms with Crippen LogP contribution in [0.1, 0.15) is 6.92 Å². The number of ether oxygens (including phenoxy) is 2. The molecule has 0 aliphatic heterocycles. The van der Waals surface area contributed by atoms with Gasteiger partial charge in [0.05, 0.1) is 30.8 Å². The number of thioether (sulfide) groups is 1. The predicted molar refractivity (Wildman–Crippen MR) is 96.8 cm³/mol. The summed E-state index contributed by atoms with van der Waals surface area (Å²) < 4.78 is 12.3. The van der Waals surface area contributed by atoms with E-state index in [0.29, 0.717) is 33.2 Å². The second-order valence-corrected chi connectivity index (χ2v) is 6.25. The minimum Gasteiger partial charge on any atom is -0.497 e. The van der Waals surface area contributed by atoms with Crippen LogP contribution in [-0.2, 0) is 0 Å². The lowest BCUT2D eigenvalue weighted by molar-refractivity contribution is 0.400. The zero-order valence-corrected chi connectivity index (χ0v) is 14.6. The van der Waals surface area contributed by atoms with Gasteiger partial charge in [-0.1, -0.05) is 30.8 Å². The summed E-state index contributed by atoms with van der Waals surface area (Å²) in [6.07, 6.45) is 0. The molecule has 0 aliphatic rings. The van der Waals surface area contributed by atoms with E-state index < -0.39 is 0 Å². The largest absolute Gasteiger partial charge is 0.497 e. The molecule has 0 radical (unpaired) electrons. The lowest BCUT2D eigenvalue weighted by atomic mass is 10.2. The van der Waals surface area contributed by atoms with Gasteiger partial charge in [-0.25, -0.2) is 4.98 Å². The van der Waals surface area contributed by atoms with Gasteiger partial charge >= 0.3 is 0 Å². The van der Waals surface area contributed by atoms with Crippen molar-refractivity contribution in [3.63, 3.8) is 0 Å². The van der Waals surface area contributed by atoms with E-state index in [0.717, 1.165) is 5.75 Å². The fourth-order valence-electron chi connectivity index (χ4n) is 2.52. The van der Waals surface area contributed by atoms with Crippen molar-refractivity contribution in [1.29, 1.82) is 0 Å². The molecule has 3 rings (SSSR count). The highest BCUT2D eigenvalue weighted by molar-refractivity contribution is 7.99. The Morgan fingerprint density at radius 2 is 1.92 bits per heavy atom. The molecule has 24 heavy (non-hydrogen) atoms. The van der Waals surface area contributed by atoms with E-state index in [4.69, 9.17) is 9.47 Å². The van der Waals surface area contributed by atoms with Gasteiger partial charge in [-0.2, -0.15) is 0 Å². The molecule has 0 amide bonds. The zero-order valence-electron chi connectivity index (χ0n) is 13.8. The molecule has 0 saturated heterocycles. The number of aromatic nitrogens is 2. The zero-order chi connectivity index (χ0) is 17.1. The third-order valence-corrected chi connectivity index (χ3v) is 4.47. The molecule has 0 N–H and O–H groups in total. The van der Waals surface area contributed by atoms with E-state index in [1.54, 1.807) is 43.1 Å². The van der Waals surface area contributed by atoms with Crippen LogP contribution in [0, 0.1) is 0 Å². The quantitative estimate of drug-likeness (QED) is 0.524. The summed E-state index contributed by atoms with van der Waals surface area (Å²) in [6.45, 7) is 2.03. The number of hydrogen-bond acceptors (Lipinski definition) is 5. The van der Waals surface area contributed by atoms with Crippen LogP contribution in [0.4, 0.5) is 0 Å². The number of hydrogen-bond donors (Lipinski definition) is 0. The van der Waals surface area contributed by atoms with Crippen LogP contribution in [-0.4, -0.2) is 29.5 Å². The molecule has 5 nitrogen and oxygen atoms in total. The van der Waals surface area contributed by atoms with Gasteiger partial charge in [-0.15, -0.1) is 0 Å². The van der Waals surface area contributed by atoms with Crippen molar-refractivity contribution in [2.75, 3.05) is 20.0 Å². The Kier molecular flexibility index (Phi) is 4.76. The molecule has 1 aromatic heterocycles. The molecule has 6 heteroatoms. The normalized spacial score (nSPS) is 10.8. The van der Waals surface area contributed by atoms with Gasteiger partial charge in [0.1, 0.15) is 11.5 Å². The fourth-order valence-corrected chi connectivity index (χ4v) is 3.25. The molecule has 3 aromatic rings. The van der Waals surface area contributed by atoms with Crippen LogP contribution in [0.5, 0.6) is 11.5 Å². The fraction of sp³-hybridized carbons (Fsp3) is 0.222. The summed E-state index contributed by atoms with van der Waals surface area (Å²) in [5, 5.41) is 1.20. The first-order valence-electron chi connectivity index (χ1n) is 7.56. The molecule has 0 fully saturated rings. The maximum atomic E-state index is 13.1. The third kappa shape index (κ3) is 2.85. The number of methoxy groups -OCH3 is 2. The van der Waals surface area contributed by atoms with Crippen molar-refractivity contribution in [3.8, 4) is 17.2 Å². The van der Waals surface area contributed by atoms with Gasteiger partial charge in [-0.05, 0) is 30.0 Å². The summed E-state index contributed by atoms with van der Waals surface area (Å²) in [6, 6.07) is 12.7. The van der Waals surface area contributed by atoms with Crippen LogP contribution >= 0.6 is 11.8 Å². The van der Waals surface area contributed by atoms with E-state index in [2.05, 4.69) is 4.98 Å². The Bertz CT molecular complexity index is 937. The summed E-state index contributed by atoms with van der Waals surface area (Å²) >= 11 is 1.51. The highest BCUT2D eigenvalue weighted by Gasteiger charge is 2.16. The Morgan fingerprint density at radius 3 is 2.62 bits per heavy atom. The van der Waals surface area contributed by atoms with Crippen LogP contribution in [0.15, 0.2) is 52.4 Å². The Balaban J connectivity index is 2.38. The van der Waals surface area contributed by atoms with E-state index in [1.807, 2.05) is 25.1 Å². The Morgan fingerprint density at radius 1 is 1.12 bits per heavy atom. The number of nitrogens with zero attached hydrogens (tertiary/aromatic N) is 2. The molecule has 0 atom stereocenters. The highest BCUT2D eigenvalue weighted by atomic mass is 32.2. The van der Waals surface area contributed by atoms with Gasteiger partial charge < -0.3 is 9.47 Å². The molecule has 0 saturated carbocycles. The summed E-state index contributed by atoms with van der Waals surface area (Å²) in [5.74, 6) is 2.04. The standard InChI is InChI=1S/C18H18N2O3S/c1-4-24-18-19-14-8-6-5-7-13(14)17(21)20(18)15-11-12(22-2)9-10-16(15)23-3/h5-11H,4H2,1-3H3. The number of rotatable bonds is 5. The van der Waals surface area contributed by atoms with E-state index in [9.17, 15) is 4.79 Å². The van der Waals surface area contributed by atoms with Gasteiger partial charge in [0.25, 0.3) is 5.56 Å². The van der Waals surface area contributed by atoms with Gasteiger partial charge in [0.15, 0.2) is 5.16 Å². The molecule has 0 bridgehead atoms. The van der Waals surface area contributed by atoms with Crippen molar-refractivity contribution >= 4 is 22.7 Å². The van der Waals surface area contributed by atoms with E-state index in [1.165, 1.54) is 11.8 Å². The number of fused-ring (bicyclic) bond motifs is 1. The second kappa shape index (κ2) is 6.97. The number of para-hydroxylation sites is 1. The van der Waals surface area contributed by atoms with Crippen molar-refractivity contribution in [2.24, 2.45) is 0 Å². The van der Waals surface area contributed by atoms with Crippen LogP contribution in [0.2, 0.25) is 0 Å². The van der Waals surface area contributed by atoms with Crippen molar-refractivity contribution in [3.05, 3.63) is 52.8 Å². The van der Waals surface area contributed by atoms with Crippen molar-refractivity contribution in [1.82, 2.24) is 9.55 Å². The average molecular weight is 342 g/mol. The first kappa shape index (κ1) is 16.4. The molecule has 1 heterocycles. The maximum Gasteiger partial charge on any atom is 0.266 e. The molecule has 124 valence electrons. The smallest absolute Gasteiger partial charge is 0.266 e. The highest BCUT2D eigenvalue weighted by Crippen LogP contribution is 2.30. The van der Waals surface area contributed by atoms with Gasteiger partial charge in [-0.3, -0.25) is 9.36 Å². The second-order valence-electron chi connectivity index (χ2n) is 5.02. The monoisotopic (exact) mass is 342 g/mol. The van der Waals surface area contributed by atoms with Crippen LogP contribution < -0.4 is 15.0 Å². The first-order valence-corrected chi connectivity index (χ1v) is 8.55. The molecular weight excluding hydrogens is 324 g/mol. The summed E-state index contributed by atoms with van der Waals surface area (Å²) in [4.78, 5) is 17.8. The third-order valence-electron chi connectivity index (χ3n) is 3.65. The topological polar surface area (TPSA) is 53.4 Å². The number of benzene rings is 2. The molecule has 0 unspecified atom stereocenters. The molecule has 2 aromatic carbocycles. The molecule has 0 spiro atoms. The minimum atomic E-state index is -0.122. The lowest BCUT2D eigenvalue weighted by Gasteiger charge is -2.16. The average Bonchev–Trinajstić information content (AvgIpc) is 2.62. The summed E-state index contributed by atoms with van der Waals surface area (Å²) in [5.41, 5.74) is 1.19. The first-order chi connectivity index (χ1) is 11.7. The van der Waals surface area contributed by atoms with Crippen molar-refractivity contribution < 1.29 is 9.47 Å². The van der Waals surface area contributed by atoms with Crippen LogP contribution in [0.25, 0.3) is 16.6 Å².